The van der Waals surface area contributed by atoms with Gasteiger partial charge in [-0.15, -0.1) is 11.3 Å². The smallest absolute Gasteiger partial charge is 0.384 e. The zero-order valence-corrected chi connectivity index (χ0v) is 10.2. The quantitative estimate of drug-likeness (QED) is 0.770. The summed E-state index contributed by atoms with van der Waals surface area (Å²) < 4.78 is 41.6. The Hall–Kier alpha value is -0.950. The number of hydrogen-bond donors (Lipinski definition) is 0. The molecule has 1 unspecified atom stereocenters. The van der Waals surface area contributed by atoms with E-state index in [1.54, 1.807) is 6.92 Å². The van der Waals surface area contributed by atoms with E-state index in [2.05, 4.69) is 4.98 Å². The molecule has 0 amide bonds. The van der Waals surface area contributed by atoms with Crippen LogP contribution in [0.1, 0.15) is 28.0 Å². The summed E-state index contributed by atoms with van der Waals surface area (Å²) in [5.41, 5.74) is 0. The molecule has 0 aliphatic carbocycles. The van der Waals surface area contributed by atoms with Crippen molar-refractivity contribution in [1.29, 1.82) is 0 Å². The molecule has 0 saturated heterocycles. The van der Waals surface area contributed by atoms with Crippen LogP contribution in [0.2, 0.25) is 0 Å². The minimum absolute atomic E-state index is 0.0241. The van der Waals surface area contributed by atoms with Gasteiger partial charge in [0.05, 0.1) is 4.88 Å². The average Bonchev–Trinajstić information content (AvgIpc) is 2.65. The number of halogens is 3. The normalized spacial score (nSPS) is 13.7. The van der Waals surface area contributed by atoms with E-state index in [1.807, 2.05) is 0 Å². The van der Waals surface area contributed by atoms with Crippen molar-refractivity contribution in [2.75, 3.05) is 13.7 Å². The van der Waals surface area contributed by atoms with Gasteiger partial charge in [0, 0.05) is 26.3 Å². The van der Waals surface area contributed by atoms with Crippen LogP contribution in [0, 0.1) is 5.92 Å². The van der Waals surface area contributed by atoms with Gasteiger partial charge in [-0.25, -0.2) is 4.98 Å². The van der Waals surface area contributed by atoms with E-state index in [-0.39, 0.29) is 23.0 Å². The number of rotatable bonds is 5. The molecule has 1 rings (SSSR count). The van der Waals surface area contributed by atoms with Crippen molar-refractivity contribution >= 4 is 17.1 Å². The van der Waals surface area contributed by atoms with Crippen LogP contribution in [0.25, 0.3) is 0 Å². The first-order valence-corrected chi connectivity index (χ1v) is 5.71. The fourth-order valence-corrected chi connectivity index (χ4v) is 2.03. The van der Waals surface area contributed by atoms with Crippen molar-refractivity contribution < 1.29 is 22.7 Å². The van der Waals surface area contributed by atoms with E-state index in [0.717, 1.165) is 6.20 Å². The first kappa shape index (κ1) is 14.1. The second-order valence-corrected chi connectivity index (χ2v) is 4.75. The molecule has 1 aromatic rings. The maximum Gasteiger partial charge on any atom is 0.443 e. The van der Waals surface area contributed by atoms with Crippen LogP contribution in [-0.2, 0) is 10.9 Å². The van der Waals surface area contributed by atoms with Gasteiger partial charge in [-0.1, -0.05) is 6.92 Å². The highest BCUT2D eigenvalue weighted by Crippen LogP contribution is 2.32. The summed E-state index contributed by atoms with van der Waals surface area (Å²) in [6, 6.07) is 0. The van der Waals surface area contributed by atoms with Crippen LogP contribution in [0.15, 0.2) is 6.20 Å². The van der Waals surface area contributed by atoms with Crippen molar-refractivity contribution in [2.45, 2.75) is 19.5 Å². The van der Waals surface area contributed by atoms with Gasteiger partial charge >= 0.3 is 6.18 Å². The Kier molecular flexibility index (Phi) is 4.64. The Morgan fingerprint density at radius 1 is 1.59 bits per heavy atom. The number of carbonyl (C=O) groups is 1. The molecule has 1 atom stereocenters. The van der Waals surface area contributed by atoms with Crippen LogP contribution in [0.5, 0.6) is 0 Å². The van der Waals surface area contributed by atoms with Gasteiger partial charge in [-0.3, -0.25) is 4.79 Å². The van der Waals surface area contributed by atoms with E-state index in [9.17, 15) is 18.0 Å². The van der Waals surface area contributed by atoms with Gasteiger partial charge in [0.25, 0.3) is 0 Å². The lowest BCUT2D eigenvalue weighted by Gasteiger charge is -2.07. The first-order chi connectivity index (χ1) is 7.84. The van der Waals surface area contributed by atoms with Crippen molar-refractivity contribution in [1.82, 2.24) is 4.98 Å². The number of hydrogen-bond acceptors (Lipinski definition) is 4. The number of aromatic nitrogens is 1. The molecule has 96 valence electrons. The maximum atomic E-state index is 12.3. The molecule has 1 aromatic heterocycles. The topological polar surface area (TPSA) is 39.2 Å². The summed E-state index contributed by atoms with van der Waals surface area (Å²) in [5.74, 6) is -0.355. The largest absolute Gasteiger partial charge is 0.443 e. The van der Waals surface area contributed by atoms with E-state index >= 15 is 0 Å². The fraction of sp³-hybridized carbons (Fsp3) is 0.600. The Bertz CT molecular complexity index is 389. The van der Waals surface area contributed by atoms with Gasteiger partial charge in [0.1, 0.15) is 0 Å². The molecule has 0 bridgehead atoms. The Labute approximate surface area is 101 Å². The van der Waals surface area contributed by atoms with Crippen LogP contribution in [-0.4, -0.2) is 24.5 Å². The molecule has 7 heteroatoms. The van der Waals surface area contributed by atoms with Crippen LogP contribution in [0.4, 0.5) is 13.2 Å². The number of carbonyl (C=O) groups excluding carboxylic acids is 1. The molecular formula is C10H12F3NO2S. The molecule has 0 fully saturated rings. The monoisotopic (exact) mass is 267 g/mol. The van der Waals surface area contributed by atoms with Crippen molar-refractivity contribution in [2.24, 2.45) is 5.92 Å². The summed E-state index contributed by atoms with van der Waals surface area (Å²) in [6.45, 7) is 2.20. The highest BCUT2D eigenvalue weighted by molar-refractivity contribution is 7.13. The maximum absolute atomic E-state index is 12.3. The number of ketones is 1. The lowest BCUT2D eigenvalue weighted by atomic mass is 10.1. The number of thiazole rings is 1. The van der Waals surface area contributed by atoms with Gasteiger partial charge < -0.3 is 4.74 Å². The third-order valence-electron chi connectivity index (χ3n) is 2.01. The second-order valence-electron chi connectivity index (χ2n) is 3.72. The van der Waals surface area contributed by atoms with Gasteiger partial charge in [-0.05, 0) is 5.92 Å². The molecule has 0 aromatic carbocycles. The number of nitrogens with zero attached hydrogens (tertiary/aromatic N) is 1. The number of alkyl halides is 3. The van der Waals surface area contributed by atoms with Crippen molar-refractivity contribution in [3.8, 4) is 0 Å². The minimum atomic E-state index is -4.48. The molecule has 0 saturated carbocycles. The molecule has 3 nitrogen and oxygen atoms in total. The van der Waals surface area contributed by atoms with Gasteiger partial charge in [0.2, 0.25) is 0 Å². The summed E-state index contributed by atoms with van der Waals surface area (Å²) in [4.78, 5) is 14.9. The van der Waals surface area contributed by atoms with E-state index in [4.69, 9.17) is 4.74 Å². The summed E-state index contributed by atoms with van der Waals surface area (Å²) in [5, 5.41) is -0.986. The molecule has 0 aliphatic heterocycles. The average molecular weight is 267 g/mol. The van der Waals surface area contributed by atoms with E-state index in [0.29, 0.717) is 17.9 Å². The number of methoxy groups -OCH3 is 1. The molecule has 0 aliphatic rings. The third kappa shape index (κ3) is 4.08. The highest BCUT2D eigenvalue weighted by Gasteiger charge is 2.35. The van der Waals surface area contributed by atoms with Crippen LogP contribution in [0.3, 0.4) is 0 Å². The second kappa shape index (κ2) is 5.59. The zero-order valence-electron chi connectivity index (χ0n) is 9.37. The predicted molar refractivity (Wildman–Crippen MR) is 57.1 cm³/mol. The van der Waals surface area contributed by atoms with Crippen molar-refractivity contribution in [3.05, 3.63) is 16.1 Å². The fourth-order valence-electron chi connectivity index (χ4n) is 1.29. The zero-order chi connectivity index (χ0) is 13.1. The molecule has 1 heterocycles. The summed E-state index contributed by atoms with van der Waals surface area (Å²) in [7, 11) is 1.51. The Balaban J connectivity index is 2.67. The Morgan fingerprint density at radius 2 is 2.24 bits per heavy atom. The van der Waals surface area contributed by atoms with E-state index in [1.165, 1.54) is 7.11 Å². The summed E-state index contributed by atoms with van der Waals surface area (Å²) in [6.07, 6.45) is -3.34. The standard InChI is InChI=1S/C10H12F3NO2S/c1-6(5-16-2)3-7(15)8-4-14-9(17-8)10(11,12)13/h4,6H,3,5H2,1-2H3. The molecule has 0 radical (unpaired) electrons. The van der Waals surface area contributed by atoms with Gasteiger partial charge in [-0.2, -0.15) is 13.2 Å². The van der Waals surface area contributed by atoms with Crippen LogP contribution >= 0.6 is 11.3 Å². The SMILES string of the molecule is COCC(C)CC(=O)c1cnc(C(F)(F)F)s1. The van der Waals surface area contributed by atoms with Crippen LogP contribution < -0.4 is 0 Å². The number of ether oxygens (including phenoxy) is 1. The molecular weight excluding hydrogens is 255 g/mol. The summed E-state index contributed by atoms with van der Waals surface area (Å²) >= 11 is 0.382. The molecule has 0 N–H and O–H groups in total. The number of Topliss-reactive ketones (excluding diaryl/α,β-unsaturated/α-hetero) is 1. The predicted octanol–water partition coefficient (Wildman–Crippen LogP) is 3.02. The lowest BCUT2D eigenvalue weighted by Crippen LogP contribution is -2.09. The molecule has 0 spiro atoms. The molecule has 17 heavy (non-hydrogen) atoms. The first-order valence-electron chi connectivity index (χ1n) is 4.89. The van der Waals surface area contributed by atoms with Crippen molar-refractivity contribution in [3.63, 3.8) is 0 Å². The highest BCUT2D eigenvalue weighted by atomic mass is 32.1. The van der Waals surface area contributed by atoms with E-state index < -0.39 is 11.2 Å². The lowest BCUT2D eigenvalue weighted by molar-refractivity contribution is -0.137. The third-order valence-corrected chi connectivity index (χ3v) is 3.09. The Morgan fingerprint density at radius 3 is 2.71 bits per heavy atom. The minimum Gasteiger partial charge on any atom is -0.384 e. The van der Waals surface area contributed by atoms with Gasteiger partial charge in [0.15, 0.2) is 10.8 Å².